The number of urea groups is 1. The van der Waals surface area contributed by atoms with Crippen LogP contribution in [0.4, 0.5) is 15.7 Å². The number of carbonyl (C=O) groups excluding carboxylic acids is 3. The van der Waals surface area contributed by atoms with Gasteiger partial charge in [0.05, 0.1) is 18.4 Å². The molecule has 19 heteroatoms. The van der Waals surface area contributed by atoms with Crippen LogP contribution >= 0.6 is 11.3 Å². The lowest BCUT2D eigenvalue weighted by Crippen LogP contribution is -2.35. The van der Waals surface area contributed by atoms with E-state index in [1.54, 1.807) is 0 Å². The largest absolute Gasteiger partial charge is 0.433 e. The van der Waals surface area contributed by atoms with Crippen molar-refractivity contribution in [1.82, 2.24) is 24.7 Å². The van der Waals surface area contributed by atoms with Gasteiger partial charge in [0.2, 0.25) is 0 Å². The average molecular weight is 508 g/mol. The van der Waals surface area contributed by atoms with Crippen molar-refractivity contribution in [3.8, 4) is 0 Å². The van der Waals surface area contributed by atoms with E-state index < -0.39 is 35.4 Å². The molecular weight excluding hydrogens is 492 g/mol. The molecular formula is C15H16B2N7O8S2. The van der Waals surface area contributed by atoms with Gasteiger partial charge < -0.3 is 24.8 Å². The van der Waals surface area contributed by atoms with Gasteiger partial charge in [0, 0.05) is 18.8 Å². The zero-order chi connectivity index (χ0) is 24.6. The molecule has 3 N–H and O–H groups in total. The molecule has 1 saturated heterocycles. The highest BCUT2D eigenvalue weighted by Crippen LogP contribution is 2.28. The highest BCUT2D eigenvalue weighted by atomic mass is 32.3. The standard InChI is InChI=1S/C15H16B2N7O8S2/c1-17(28)19-14-18-5-11(33-14)13(26)23(16-8-25)12-2-3-22(20-12)9-4-10-7-21(6-9)15(27)24(10)32-34(29,30)31/h2-5,8,10,28H,6-7H2,1H3,(H,18,19)(H,29,30,31). The molecule has 34 heavy (non-hydrogen) atoms. The van der Waals surface area contributed by atoms with Crippen molar-refractivity contribution in [2.75, 3.05) is 23.1 Å². The van der Waals surface area contributed by atoms with Gasteiger partial charge in [0.25, 0.3) is 5.91 Å². The van der Waals surface area contributed by atoms with Crippen molar-refractivity contribution in [3.63, 3.8) is 0 Å². The Kier molecular flexibility index (Phi) is 6.45. The number of hydrogen-bond donors (Lipinski definition) is 3. The molecule has 0 aliphatic carbocycles. The third kappa shape index (κ3) is 4.97. The second kappa shape index (κ2) is 9.18. The van der Waals surface area contributed by atoms with E-state index in [4.69, 9.17) is 4.55 Å². The number of amides is 3. The van der Waals surface area contributed by atoms with Crippen molar-refractivity contribution in [2.45, 2.75) is 12.9 Å². The number of rotatable bonds is 9. The number of fused-ring (bicyclic) bond motifs is 2. The smallest absolute Gasteiger partial charge is 0.418 e. The second-order valence-corrected chi connectivity index (χ2v) is 9.18. The number of aromatic nitrogens is 3. The van der Waals surface area contributed by atoms with Crippen molar-refractivity contribution in [3.05, 3.63) is 29.4 Å². The number of anilines is 2. The number of carbonyl (C=O) groups is 3. The maximum absolute atomic E-state index is 12.9. The Morgan fingerprint density at radius 2 is 2.26 bits per heavy atom. The van der Waals surface area contributed by atoms with Crippen molar-refractivity contribution in [1.29, 1.82) is 0 Å². The summed E-state index contributed by atoms with van der Waals surface area (Å²) < 4.78 is 36.7. The van der Waals surface area contributed by atoms with E-state index in [0.717, 1.165) is 23.6 Å². The summed E-state index contributed by atoms with van der Waals surface area (Å²) in [5.41, 5.74) is 0.469. The van der Waals surface area contributed by atoms with Gasteiger partial charge in [-0.15, -0.1) is 4.28 Å². The summed E-state index contributed by atoms with van der Waals surface area (Å²) in [4.78, 5) is 42.9. The van der Waals surface area contributed by atoms with Crippen LogP contribution in [0.25, 0.3) is 5.70 Å². The summed E-state index contributed by atoms with van der Waals surface area (Å²) in [5, 5.41) is 17.2. The molecule has 1 unspecified atom stereocenters. The van der Waals surface area contributed by atoms with E-state index in [-0.39, 0.29) is 23.8 Å². The van der Waals surface area contributed by atoms with E-state index in [2.05, 4.69) is 19.6 Å². The van der Waals surface area contributed by atoms with Crippen LogP contribution in [0, 0.1) is 0 Å². The molecule has 1 atom stereocenters. The zero-order valence-corrected chi connectivity index (χ0v) is 19.0. The van der Waals surface area contributed by atoms with Crippen LogP contribution in [0.1, 0.15) is 9.67 Å². The van der Waals surface area contributed by atoms with Crippen LogP contribution in [-0.4, -0.2) is 94.4 Å². The lowest BCUT2D eigenvalue weighted by molar-refractivity contribution is -0.0183. The summed E-state index contributed by atoms with van der Waals surface area (Å²) in [6.45, 7) is 1.69. The highest BCUT2D eigenvalue weighted by molar-refractivity contribution is 7.80. The van der Waals surface area contributed by atoms with Gasteiger partial charge in [-0.1, -0.05) is 11.3 Å². The third-order valence-electron chi connectivity index (χ3n) is 4.67. The van der Waals surface area contributed by atoms with E-state index >= 15 is 0 Å². The van der Waals surface area contributed by atoms with Gasteiger partial charge in [-0.3, -0.25) is 9.35 Å². The molecule has 15 nitrogen and oxygen atoms in total. The Balaban J connectivity index is 1.56. The first-order valence-electron chi connectivity index (χ1n) is 9.60. The van der Waals surface area contributed by atoms with Gasteiger partial charge in [-0.05, 0) is 12.9 Å². The lowest BCUT2D eigenvalue weighted by atomic mass is 9.90. The quantitative estimate of drug-likeness (QED) is 0.215. The zero-order valence-electron chi connectivity index (χ0n) is 17.4. The Bertz CT molecular complexity index is 1260. The van der Waals surface area contributed by atoms with Crippen LogP contribution in [0.3, 0.4) is 0 Å². The molecule has 0 saturated carbocycles. The molecule has 2 aliphatic heterocycles. The summed E-state index contributed by atoms with van der Waals surface area (Å²) >= 11 is 0.978. The summed E-state index contributed by atoms with van der Waals surface area (Å²) in [6, 6.07) is -0.0873. The lowest BCUT2D eigenvalue weighted by Gasteiger charge is -2.21. The molecule has 1 radical (unpaired) electrons. The van der Waals surface area contributed by atoms with E-state index in [9.17, 15) is 27.8 Å². The number of thiazole rings is 1. The Morgan fingerprint density at radius 3 is 2.94 bits per heavy atom. The fourth-order valence-electron chi connectivity index (χ4n) is 3.37. The minimum atomic E-state index is -4.89. The molecule has 3 amide bonds. The first-order chi connectivity index (χ1) is 16.1. The Hall–Kier alpha value is -3.25. The van der Waals surface area contributed by atoms with Gasteiger partial charge in [-0.25, -0.2) is 14.5 Å². The Labute approximate surface area is 197 Å². The maximum atomic E-state index is 12.9. The summed E-state index contributed by atoms with van der Waals surface area (Å²) in [5.74, 6) is -0.487. The average Bonchev–Trinajstić information content (AvgIpc) is 3.47. The predicted molar refractivity (Wildman–Crippen MR) is 121 cm³/mol. The SMILES string of the molecule is CB(O)Nc1ncc(C(=O)N([B]C=O)c2ccn(C3=CC4CN(C3)C(=O)N4OS(=O)(=O)O)n2)s1. The van der Waals surface area contributed by atoms with Crippen LogP contribution in [0.15, 0.2) is 24.5 Å². The summed E-state index contributed by atoms with van der Waals surface area (Å²) in [7, 11) is -4.77. The molecule has 4 rings (SSSR count). The van der Waals surface area contributed by atoms with Crippen LogP contribution in [0.2, 0.25) is 6.82 Å². The molecule has 2 aromatic heterocycles. The molecule has 1 fully saturated rings. The van der Waals surface area contributed by atoms with Crippen LogP contribution < -0.4 is 10.0 Å². The van der Waals surface area contributed by atoms with E-state index in [0.29, 0.717) is 22.1 Å². The first-order valence-corrected chi connectivity index (χ1v) is 11.8. The van der Waals surface area contributed by atoms with Gasteiger partial charge >= 0.3 is 30.9 Å². The minimum absolute atomic E-state index is 0.0519. The van der Waals surface area contributed by atoms with Gasteiger partial charge in [0.1, 0.15) is 22.9 Å². The number of hydrogen-bond acceptors (Lipinski definition) is 11. The van der Waals surface area contributed by atoms with Crippen molar-refractivity contribution < 1.29 is 36.7 Å². The Morgan fingerprint density at radius 1 is 1.50 bits per heavy atom. The molecule has 2 aromatic rings. The van der Waals surface area contributed by atoms with E-state index in [1.165, 1.54) is 40.9 Å². The molecule has 0 spiro atoms. The molecule has 4 heterocycles. The van der Waals surface area contributed by atoms with Gasteiger partial charge in [-0.2, -0.15) is 18.6 Å². The van der Waals surface area contributed by atoms with E-state index in [1.807, 2.05) is 0 Å². The van der Waals surface area contributed by atoms with Crippen LogP contribution in [-0.2, 0) is 19.5 Å². The van der Waals surface area contributed by atoms with Crippen molar-refractivity contribution >= 4 is 71.0 Å². The number of nitrogens with one attached hydrogen (secondary N) is 1. The molecule has 2 aliphatic rings. The minimum Gasteiger partial charge on any atom is -0.433 e. The molecule has 0 aromatic carbocycles. The second-order valence-electron chi connectivity index (χ2n) is 7.15. The van der Waals surface area contributed by atoms with Crippen molar-refractivity contribution in [2.24, 2.45) is 0 Å². The first kappa shape index (κ1) is 23.9. The number of nitrogens with zero attached hydrogens (tertiary/aromatic N) is 6. The topological polar surface area (TPSA) is 188 Å². The maximum Gasteiger partial charge on any atom is 0.418 e. The predicted octanol–water partition coefficient (Wildman–Crippen LogP) is -0.987. The van der Waals surface area contributed by atoms with Crippen LogP contribution in [0.5, 0.6) is 0 Å². The fourth-order valence-corrected chi connectivity index (χ4v) is 4.58. The molecule has 2 bridgehead atoms. The summed E-state index contributed by atoms with van der Waals surface area (Å²) in [6.07, 6.45) is 4.75. The fraction of sp³-hybridized carbons (Fsp3) is 0.267. The highest BCUT2D eigenvalue weighted by Gasteiger charge is 2.43. The normalized spacial score (nSPS) is 17.4. The number of hydroxylamine groups is 2. The monoisotopic (exact) mass is 508 g/mol. The van der Waals surface area contributed by atoms with Gasteiger partial charge in [0.15, 0.2) is 5.13 Å². The molecule has 177 valence electrons. The third-order valence-corrected chi connectivity index (χ3v) is 5.94.